The number of hydrogen-bond donors (Lipinski definition) is 2. The molecule has 0 amide bonds. The summed E-state index contributed by atoms with van der Waals surface area (Å²) in [4.78, 5) is 2.02. The number of nitrogens with zero attached hydrogens (tertiary/aromatic N) is 1. The molecule has 3 nitrogen and oxygen atoms in total. The van der Waals surface area contributed by atoms with Gasteiger partial charge in [-0.25, -0.2) is 0 Å². The van der Waals surface area contributed by atoms with Crippen molar-refractivity contribution in [2.24, 2.45) is 0 Å². The molecule has 3 heteroatoms. The van der Waals surface area contributed by atoms with Crippen LogP contribution in [0.4, 0.5) is 5.69 Å². The number of aliphatic hydroxyl groups is 2. The van der Waals surface area contributed by atoms with Crippen LogP contribution >= 0.6 is 0 Å². The van der Waals surface area contributed by atoms with Gasteiger partial charge < -0.3 is 15.1 Å². The number of para-hydroxylation sites is 1. The highest BCUT2D eigenvalue weighted by Crippen LogP contribution is 2.26. The zero-order valence-corrected chi connectivity index (χ0v) is 10.8. The zero-order valence-electron chi connectivity index (χ0n) is 10.8. The van der Waals surface area contributed by atoms with Gasteiger partial charge in [-0.15, -0.1) is 0 Å². The molecule has 0 radical (unpaired) electrons. The molecule has 100 valence electrons. The first kappa shape index (κ1) is 13.6. The van der Waals surface area contributed by atoms with Crippen molar-refractivity contribution in [3.8, 4) is 0 Å². The Labute approximate surface area is 113 Å². The fourth-order valence-corrected chi connectivity index (χ4v) is 2.25. The minimum absolute atomic E-state index is 0.0128. The minimum Gasteiger partial charge on any atom is -0.395 e. The molecular weight excluding hydrogens is 238 g/mol. The standard InChI is InChI=1S/C16H19NO2/c18-12-11-17(15-9-5-2-6-10-15)16(13-19)14-7-3-1-4-8-14/h1-10,16,18-19H,11-13H2. The summed E-state index contributed by atoms with van der Waals surface area (Å²) in [5.41, 5.74) is 2.04. The summed E-state index contributed by atoms with van der Waals surface area (Å²) in [5, 5.41) is 19.0. The molecule has 19 heavy (non-hydrogen) atoms. The summed E-state index contributed by atoms with van der Waals surface area (Å²) >= 11 is 0. The lowest BCUT2D eigenvalue weighted by molar-refractivity contribution is 0.247. The fraction of sp³-hybridized carbons (Fsp3) is 0.250. The third-order valence-electron chi connectivity index (χ3n) is 3.16. The van der Waals surface area contributed by atoms with Gasteiger partial charge >= 0.3 is 0 Å². The molecule has 0 fully saturated rings. The summed E-state index contributed by atoms with van der Waals surface area (Å²) in [5.74, 6) is 0. The Bertz CT molecular complexity index is 473. The Morgan fingerprint density at radius 3 is 1.95 bits per heavy atom. The van der Waals surface area contributed by atoms with E-state index in [2.05, 4.69) is 0 Å². The van der Waals surface area contributed by atoms with E-state index in [4.69, 9.17) is 0 Å². The van der Waals surface area contributed by atoms with Crippen molar-refractivity contribution in [2.45, 2.75) is 6.04 Å². The quantitative estimate of drug-likeness (QED) is 0.834. The highest BCUT2D eigenvalue weighted by molar-refractivity contribution is 5.48. The van der Waals surface area contributed by atoms with E-state index in [1.54, 1.807) is 0 Å². The average molecular weight is 257 g/mol. The third kappa shape index (κ3) is 3.34. The van der Waals surface area contributed by atoms with E-state index in [0.717, 1.165) is 11.3 Å². The highest BCUT2D eigenvalue weighted by Gasteiger charge is 2.19. The molecule has 1 unspecified atom stereocenters. The summed E-state index contributed by atoms with van der Waals surface area (Å²) in [7, 11) is 0. The molecule has 0 heterocycles. The van der Waals surface area contributed by atoms with E-state index in [0.29, 0.717) is 6.54 Å². The van der Waals surface area contributed by atoms with Crippen molar-refractivity contribution in [2.75, 3.05) is 24.7 Å². The molecule has 0 aliphatic heterocycles. The van der Waals surface area contributed by atoms with Gasteiger partial charge in [-0.05, 0) is 17.7 Å². The smallest absolute Gasteiger partial charge is 0.0774 e. The van der Waals surface area contributed by atoms with Gasteiger partial charge in [-0.2, -0.15) is 0 Å². The van der Waals surface area contributed by atoms with Crippen LogP contribution in [0, 0.1) is 0 Å². The SMILES string of the molecule is OCCN(c1ccccc1)C(CO)c1ccccc1. The van der Waals surface area contributed by atoms with Crippen LogP contribution in [0.15, 0.2) is 60.7 Å². The molecule has 2 aromatic carbocycles. The second-order valence-corrected chi connectivity index (χ2v) is 4.36. The Morgan fingerprint density at radius 2 is 1.42 bits per heavy atom. The topological polar surface area (TPSA) is 43.7 Å². The largest absolute Gasteiger partial charge is 0.395 e. The summed E-state index contributed by atoms with van der Waals surface area (Å²) in [6.45, 7) is 0.557. The van der Waals surface area contributed by atoms with Crippen LogP contribution in [-0.2, 0) is 0 Å². The van der Waals surface area contributed by atoms with Gasteiger partial charge in [0.15, 0.2) is 0 Å². The first-order valence-electron chi connectivity index (χ1n) is 6.45. The van der Waals surface area contributed by atoms with Crippen molar-refractivity contribution in [3.05, 3.63) is 66.2 Å². The van der Waals surface area contributed by atoms with Crippen molar-refractivity contribution in [1.82, 2.24) is 0 Å². The number of hydrogen-bond acceptors (Lipinski definition) is 3. The lowest BCUT2D eigenvalue weighted by atomic mass is 10.1. The van der Waals surface area contributed by atoms with Crippen LogP contribution in [-0.4, -0.2) is 30.0 Å². The Balaban J connectivity index is 2.31. The number of benzene rings is 2. The predicted molar refractivity (Wildman–Crippen MR) is 77.1 cm³/mol. The van der Waals surface area contributed by atoms with E-state index in [1.165, 1.54) is 0 Å². The lowest BCUT2D eigenvalue weighted by Crippen LogP contribution is -2.33. The van der Waals surface area contributed by atoms with Crippen LogP contribution in [0.5, 0.6) is 0 Å². The monoisotopic (exact) mass is 257 g/mol. The first-order valence-corrected chi connectivity index (χ1v) is 6.45. The van der Waals surface area contributed by atoms with Crippen LogP contribution < -0.4 is 4.90 Å². The molecule has 0 bridgehead atoms. The number of rotatable bonds is 6. The molecule has 2 N–H and O–H groups in total. The molecule has 0 saturated heterocycles. The molecule has 0 spiro atoms. The van der Waals surface area contributed by atoms with E-state index in [-0.39, 0.29) is 19.3 Å². The summed E-state index contributed by atoms with van der Waals surface area (Å²) < 4.78 is 0. The van der Waals surface area contributed by atoms with Crippen LogP contribution in [0.1, 0.15) is 11.6 Å². The maximum atomic E-state index is 9.71. The van der Waals surface area contributed by atoms with Crippen molar-refractivity contribution in [1.29, 1.82) is 0 Å². The normalized spacial score (nSPS) is 12.1. The minimum atomic E-state index is -0.143. The summed E-state index contributed by atoms with van der Waals surface area (Å²) in [6.07, 6.45) is 0. The Kier molecular flexibility index (Phi) is 4.95. The Morgan fingerprint density at radius 1 is 0.842 bits per heavy atom. The van der Waals surface area contributed by atoms with Gasteiger partial charge in [0.2, 0.25) is 0 Å². The molecule has 0 aliphatic carbocycles. The molecule has 0 saturated carbocycles. The fourth-order valence-electron chi connectivity index (χ4n) is 2.25. The van der Waals surface area contributed by atoms with Crippen molar-refractivity contribution < 1.29 is 10.2 Å². The van der Waals surface area contributed by atoms with E-state index in [1.807, 2.05) is 65.6 Å². The van der Waals surface area contributed by atoms with Crippen LogP contribution in [0.25, 0.3) is 0 Å². The van der Waals surface area contributed by atoms with Gasteiger partial charge in [0.05, 0.1) is 19.3 Å². The second-order valence-electron chi connectivity index (χ2n) is 4.36. The Hall–Kier alpha value is -1.84. The van der Waals surface area contributed by atoms with Gasteiger partial charge in [0.25, 0.3) is 0 Å². The maximum Gasteiger partial charge on any atom is 0.0774 e. The second kappa shape index (κ2) is 6.92. The van der Waals surface area contributed by atoms with Crippen molar-refractivity contribution >= 4 is 5.69 Å². The highest BCUT2D eigenvalue weighted by atomic mass is 16.3. The average Bonchev–Trinajstić information content (AvgIpc) is 2.49. The first-order chi connectivity index (χ1) is 9.36. The van der Waals surface area contributed by atoms with Crippen LogP contribution in [0.3, 0.4) is 0 Å². The van der Waals surface area contributed by atoms with Crippen LogP contribution in [0.2, 0.25) is 0 Å². The van der Waals surface area contributed by atoms with Gasteiger partial charge in [0.1, 0.15) is 0 Å². The van der Waals surface area contributed by atoms with Gasteiger partial charge in [-0.1, -0.05) is 48.5 Å². The molecule has 1 atom stereocenters. The third-order valence-corrected chi connectivity index (χ3v) is 3.16. The molecule has 0 aliphatic rings. The van der Waals surface area contributed by atoms with E-state index in [9.17, 15) is 10.2 Å². The van der Waals surface area contributed by atoms with Crippen molar-refractivity contribution in [3.63, 3.8) is 0 Å². The molecule has 0 aromatic heterocycles. The van der Waals surface area contributed by atoms with E-state index < -0.39 is 0 Å². The number of aliphatic hydroxyl groups excluding tert-OH is 2. The maximum absolute atomic E-state index is 9.71. The molecular formula is C16H19NO2. The zero-order chi connectivity index (χ0) is 13.5. The van der Waals surface area contributed by atoms with E-state index >= 15 is 0 Å². The van der Waals surface area contributed by atoms with Gasteiger partial charge in [0, 0.05) is 12.2 Å². The van der Waals surface area contributed by atoms with Gasteiger partial charge in [-0.3, -0.25) is 0 Å². The molecule has 2 aromatic rings. The predicted octanol–water partition coefficient (Wildman–Crippen LogP) is 2.22. The summed E-state index contributed by atoms with van der Waals surface area (Å²) in [6, 6.07) is 19.6. The molecule has 2 rings (SSSR count). The number of anilines is 1. The lowest BCUT2D eigenvalue weighted by Gasteiger charge is -2.32.